The highest BCUT2D eigenvalue weighted by molar-refractivity contribution is 5.77. The highest BCUT2D eigenvalue weighted by Crippen LogP contribution is 2.21. The highest BCUT2D eigenvalue weighted by Gasteiger charge is 2.20. The summed E-state index contributed by atoms with van der Waals surface area (Å²) in [6.07, 6.45) is 0.127. The highest BCUT2D eigenvalue weighted by atomic mass is 16.2. The lowest BCUT2D eigenvalue weighted by molar-refractivity contribution is -0.129. The van der Waals surface area contributed by atoms with Gasteiger partial charge in [-0.2, -0.15) is 10.1 Å². The molecule has 8 heteroatoms. The van der Waals surface area contributed by atoms with E-state index in [4.69, 9.17) is 5.10 Å². The molecule has 0 radical (unpaired) electrons. The molecule has 1 amide bonds. The van der Waals surface area contributed by atoms with Crippen molar-refractivity contribution in [3.8, 4) is 5.69 Å². The lowest BCUT2D eigenvalue weighted by atomic mass is 10.1. The molecule has 31 heavy (non-hydrogen) atoms. The van der Waals surface area contributed by atoms with Crippen LogP contribution in [0.25, 0.3) is 11.5 Å². The summed E-state index contributed by atoms with van der Waals surface area (Å²) < 4.78 is 3.63. The second kappa shape index (κ2) is 7.94. The Morgan fingerprint density at radius 1 is 1.03 bits per heavy atom. The van der Waals surface area contributed by atoms with Crippen molar-refractivity contribution >= 4 is 11.7 Å². The van der Waals surface area contributed by atoms with E-state index in [1.54, 1.807) is 16.5 Å². The summed E-state index contributed by atoms with van der Waals surface area (Å²) in [5.74, 6) is 0.948. The summed E-state index contributed by atoms with van der Waals surface area (Å²) in [5.41, 5.74) is 7.03. The molecule has 0 bridgehead atoms. The van der Waals surface area contributed by atoms with Crippen LogP contribution in [0.2, 0.25) is 0 Å². The number of nitrogens with zero attached hydrogens (tertiary/aromatic N) is 7. The van der Waals surface area contributed by atoms with Gasteiger partial charge in [-0.3, -0.25) is 4.79 Å². The minimum absolute atomic E-state index is 0.0484. The van der Waals surface area contributed by atoms with E-state index < -0.39 is 0 Å². The smallest absolute Gasteiger partial charge is 0.252 e. The number of hydrogen-bond donors (Lipinski definition) is 0. The SMILES string of the molecule is Cc1cc(C)n2nc(CC(=O)N(C)Cc3c(C)nn(-c4ccccc4C)c3C)nc2n1. The summed E-state index contributed by atoms with van der Waals surface area (Å²) >= 11 is 0. The Hall–Kier alpha value is -3.55. The van der Waals surface area contributed by atoms with E-state index >= 15 is 0 Å². The van der Waals surface area contributed by atoms with Crippen LogP contribution in [-0.2, 0) is 17.8 Å². The molecular formula is C23H27N7O. The van der Waals surface area contributed by atoms with Crippen molar-refractivity contribution in [1.82, 2.24) is 34.3 Å². The molecule has 0 aliphatic rings. The van der Waals surface area contributed by atoms with Gasteiger partial charge in [-0.05, 0) is 52.3 Å². The zero-order valence-electron chi connectivity index (χ0n) is 18.8. The Morgan fingerprint density at radius 3 is 2.52 bits per heavy atom. The Kier molecular flexibility index (Phi) is 5.31. The molecule has 1 aromatic carbocycles. The summed E-state index contributed by atoms with van der Waals surface area (Å²) in [7, 11) is 1.80. The van der Waals surface area contributed by atoms with Crippen molar-refractivity contribution in [2.75, 3.05) is 7.05 Å². The van der Waals surface area contributed by atoms with Crippen molar-refractivity contribution in [2.45, 2.75) is 47.6 Å². The van der Waals surface area contributed by atoms with Gasteiger partial charge >= 0.3 is 0 Å². The second-order valence-electron chi connectivity index (χ2n) is 8.05. The number of amides is 1. The van der Waals surface area contributed by atoms with E-state index in [-0.39, 0.29) is 12.3 Å². The molecule has 0 saturated heterocycles. The quantitative estimate of drug-likeness (QED) is 0.499. The molecule has 3 heterocycles. The third-order valence-corrected chi connectivity index (χ3v) is 5.58. The first kappa shape index (κ1) is 20.7. The molecular weight excluding hydrogens is 390 g/mol. The van der Waals surface area contributed by atoms with Crippen LogP contribution in [0.5, 0.6) is 0 Å². The molecule has 4 aromatic rings. The fraction of sp³-hybridized carbons (Fsp3) is 0.348. The first-order valence-electron chi connectivity index (χ1n) is 10.3. The van der Waals surface area contributed by atoms with E-state index in [9.17, 15) is 4.79 Å². The lowest BCUT2D eigenvalue weighted by Gasteiger charge is -2.17. The van der Waals surface area contributed by atoms with E-state index in [1.165, 1.54) is 0 Å². The standard InChI is InChI=1S/C23H27N7O/c1-14-9-7-8-10-20(14)30-18(5)19(17(4)26-30)13-28(6)22(31)12-21-25-23-24-15(2)11-16(3)29(23)27-21/h7-11H,12-13H2,1-6H3. The van der Waals surface area contributed by atoms with Crippen LogP contribution in [0.3, 0.4) is 0 Å². The molecule has 4 rings (SSSR count). The van der Waals surface area contributed by atoms with Crippen molar-refractivity contribution < 1.29 is 4.79 Å². The van der Waals surface area contributed by atoms with E-state index in [2.05, 4.69) is 34.1 Å². The fourth-order valence-corrected chi connectivity index (χ4v) is 3.82. The first-order chi connectivity index (χ1) is 14.7. The maximum Gasteiger partial charge on any atom is 0.252 e. The number of likely N-dealkylation sites (N-methyl/N-ethyl adjacent to an activating group) is 1. The monoisotopic (exact) mass is 417 g/mol. The largest absolute Gasteiger partial charge is 0.341 e. The predicted octanol–water partition coefficient (Wildman–Crippen LogP) is 3.05. The topological polar surface area (TPSA) is 81.2 Å². The molecule has 0 unspecified atom stereocenters. The number of aryl methyl sites for hydroxylation is 4. The molecule has 160 valence electrons. The third-order valence-electron chi connectivity index (χ3n) is 5.58. The van der Waals surface area contributed by atoms with Gasteiger partial charge in [-0.1, -0.05) is 18.2 Å². The first-order valence-corrected chi connectivity index (χ1v) is 10.3. The molecule has 0 aliphatic heterocycles. The summed E-state index contributed by atoms with van der Waals surface area (Å²) in [4.78, 5) is 23.4. The van der Waals surface area contributed by atoms with E-state index in [0.29, 0.717) is 18.1 Å². The fourth-order valence-electron chi connectivity index (χ4n) is 3.82. The number of aromatic nitrogens is 6. The van der Waals surface area contributed by atoms with Crippen molar-refractivity contribution in [3.63, 3.8) is 0 Å². The summed E-state index contributed by atoms with van der Waals surface area (Å²) in [5, 5.41) is 9.18. The maximum absolute atomic E-state index is 12.9. The zero-order chi connectivity index (χ0) is 22.3. The minimum Gasteiger partial charge on any atom is -0.341 e. The van der Waals surface area contributed by atoms with Gasteiger partial charge in [-0.25, -0.2) is 14.2 Å². The molecule has 0 aliphatic carbocycles. The summed E-state index contributed by atoms with van der Waals surface area (Å²) in [6.45, 7) is 10.4. The predicted molar refractivity (Wildman–Crippen MR) is 118 cm³/mol. The molecule has 0 spiro atoms. The molecule has 0 atom stereocenters. The maximum atomic E-state index is 12.9. The van der Waals surface area contributed by atoms with Crippen molar-refractivity contribution in [1.29, 1.82) is 0 Å². The number of carbonyl (C=O) groups is 1. The average Bonchev–Trinajstić information content (AvgIpc) is 3.23. The van der Waals surface area contributed by atoms with Gasteiger partial charge in [0.05, 0.1) is 17.8 Å². The van der Waals surface area contributed by atoms with Gasteiger partial charge in [0.25, 0.3) is 5.78 Å². The van der Waals surface area contributed by atoms with Gasteiger partial charge in [0.2, 0.25) is 5.91 Å². The normalized spacial score (nSPS) is 11.3. The van der Waals surface area contributed by atoms with Crippen LogP contribution in [0.4, 0.5) is 0 Å². The number of para-hydroxylation sites is 1. The number of benzene rings is 1. The lowest BCUT2D eigenvalue weighted by Crippen LogP contribution is -2.28. The Labute approximate surface area is 181 Å². The van der Waals surface area contributed by atoms with Crippen molar-refractivity contribution in [2.24, 2.45) is 0 Å². The van der Waals surface area contributed by atoms with Gasteiger partial charge < -0.3 is 4.90 Å². The molecule has 0 N–H and O–H groups in total. The van der Waals surface area contributed by atoms with Gasteiger partial charge in [0.15, 0.2) is 5.82 Å². The van der Waals surface area contributed by atoms with Crippen LogP contribution >= 0.6 is 0 Å². The van der Waals surface area contributed by atoms with Crippen molar-refractivity contribution in [3.05, 3.63) is 70.1 Å². The Morgan fingerprint density at radius 2 is 1.77 bits per heavy atom. The molecule has 0 fully saturated rings. The molecule has 0 saturated carbocycles. The zero-order valence-corrected chi connectivity index (χ0v) is 18.8. The van der Waals surface area contributed by atoms with E-state index in [1.807, 2.05) is 50.6 Å². The molecule has 8 nitrogen and oxygen atoms in total. The van der Waals surface area contributed by atoms with Gasteiger partial charge in [0.1, 0.15) is 0 Å². The van der Waals surface area contributed by atoms with Crippen LogP contribution < -0.4 is 0 Å². The van der Waals surface area contributed by atoms with Crippen LogP contribution in [0, 0.1) is 34.6 Å². The summed E-state index contributed by atoms with van der Waals surface area (Å²) in [6, 6.07) is 10.1. The molecule has 3 aromatic heterocycles. The Balaban J connectivity index is 1.53. The number of rotatable bonds is 5. The van der Waals surface area contributed by atoms with Crippen LogP contribution in [-0.4, -0.2) is 47.2 Å². The number of carbonyl (C=O) groups excluding carboxylic acids is 1. The second-order valence-corrected chi connectivity index (χ2v) is 8.05. The average molecular weight is 418 g/mol. The number of fused-ring (bicyclic) bond motifs is 1. The van der Waals surface area contributed by atoms with E-state index in [0.717, 1.165) is 39.6 Å². The minimum atomic E-state index is -0.0484. The van der Waals surface area contributed by atoms with Gasteiger partial charge in [-0.15, -0.1) is 5.10 Å². The Bertz CT molecular complexity index is 1280. The third kappa shape index (κ3) is 3.93. The van der Waals surface area contributed by atoms with Crippen LogP contribution in [0.15, 0.2) is 30.3 Å². The number of hydrogen-bond acceptors (Lipinski definition) is 5. The van der Waals surface area contributed by atoms with Gasteiger partial charge in [0, 0.05) is 36.2 Å². The van der Waals surface area contributed by atoms with Crippen LogP contribution in [0.1, 0.15) is 39.7 Å².